The molecule has 2 rings (SSSR count). The van der Waals surface area contributed by atoms with Crippen LogP contribution in [0, 0.1) is 5.92 Å². The zero-order chi connectivity index (χ0) is 14.8. The van der Waals surface area contributed by atoms with Crippen molar-refractivity contribution in [3.63, 3.8) is 0 Å². The van der Waals surface area contributed by atoms with Gasteiger partial charge in [-0.2, -0.15) is 0 Å². The normalized spacial score (nSPS) is 22.9. The largest absolute Gasteiger partial charge is 0.271 e. The van der Waals surface area contributed by atoms with Gasteiger partial charge in [-0.05, 0) is 42.9 Å². The first-order valence-electron chi connectivity index (χ1n) is 6.50. The molecule has 3 N–H and O–H groups in total. The lowest BCUT2D eigenvalue weighted by molar-refractivity contribution is 0.408. The molecule has 0 bridgehead atoms. The van der Waals surface area contributed by atoms with Crippen molar-refractivity contribution in [1.82, 2.24) is 5.43 Å². The Labute approximate surface area is 129 Å². The summed E-state index contributed by atoms with van der Waals surface area (Å²) < 4.78 is 22.9. The van der Waals surface area contributed by atoms with E-state index >= 15 is 0 Å². The predicted octanol–water partition coefficient (Wildman–Crippen LogP) is 2.19. The molecule has 1 heterocycles. The van der Waals surface area contributed by atoms with Crippen LogP contribution in [0.1, 0.15) is 18.4 Å². The van der Waals surface area contributed by atoms with E-state index in [1.165, 1.54) is 0 Å². The molecule has 1 aliphatic rings. The molecule has 2 atom stereocenters. The Bertz CT molecular complexity index is 578. The van der Waals surface area contributed by atoms with Gasteiger partial charge in [0.25, 0.3) is 0 Å². The van der Waals surface area contributed by atoms with Crippen molar-refractivity contribution in [1.29, 1.82) is 0 Å². The predicted molar refractivity (Wildman–Crippen MR) is 82.7 cm³/mol. The second-order valence-corrected chi connectivity index (χ2v) is 8.36. The molecule has 20 heavy (non-hydrogen) atoms. The minimum Gasteiger partial charge on any atom is -0.271 e. The molecule has 0 radical (unpaired) electrons. The smallest absolute Gasteiger partial charge is 0.150 e. The Morgan fingerprint density at radius 1 is 1.35 bits per heavy atom. The summed E-state index contributed by atoms with van der Waals surface area (Å²) in [5.41, 5.74) is 3.80. The molecule has 2 unspecified atom stereocenters. The van der Waals surface area contributed by atoms with Crippen LogP contribution in [0.3, 0.4) is 0 Å². The summed E-state index contributed by atoms with van der Waals surface area (Å²) in [5.74, 6) is 6.32. The third kappa shape index (κ3) is 4.33. The van der Waals surface area contributed by atoms with E-state index in [1.54, 1.807) is 6.07 Å². The zero-order valence-electron chi connectivity index (χ0n) is 11.0. The van der Waals surface area contributed by atoms with Gasteiger partial charge >= 0.3 is 0 Å². The fraction of sp³-hybridized carbons (Fsp3) is 0.538. The molecule has 7 heteroatoms. The lowest BCUT2D eigenvalue weighted by Crippen LogP contribution is -2.38. The number of hydrogen-bond acceptors (Lipinski definition) is 4. The van der Waals surface area contributed by atoms with E-state index in [1.807, 2.05) is 12.1 Å². The fourth-order valence-electron chi connectivity index (χ4n) is 2.62. The second kappa shape index (κ2) is 6.62. The van der Waals surface area contributed by atoms with Crippen molar-refractivity contribution >= 4 is 33.0 Å². The Balaban J connectivity index is 1.97. The molecule has 0 amide bonds. The topological polar surface area (TPSA) is 72.2 Å². The van der Waals surface area contributed by atoms with Crippen LogP contribution in [0.25, 0.3) is 0 Å². The molecule has 112 valence electrons. The summed E-state index contributed by atoms with van der Waals surface area (Å²) in [4.78, 5) is 0. The van der Waals surface area contributed by atoms with Crippen molar-refractivity contribution in [3.8, 4) is 0 Å². The molecule has 1 aliphatic heterocycles. The van der Waals surface area contributed by atoms with E-state index in [9.17, 15) is 8.42 Å². The summed E-state index contributed by atoms with van der Waals surface area (Å²) >= 11 is 11.9. The minimum absolute atomic E-state index is 0.0329. The van der Waals surface area contributed by atoms with Gasteiger partial charge in [-0.25, -0.2) is 8.42 Å². The third-order valence-corrected chi connectivity index (χ3v) is 6.22. The van der Waals surface area contributed by atoms with E-state index in [0.29, 0.717) is 22.2 Å². The van der Waals surface area contributed by atoms with Crippen molar-refractivity contribution < 1.29 is 8.42 Å². The Morgan fingerprint density at radius 2 is 2.10 bits per heavy atom. The van der Waals surface area contributed by atoms with Gasteiger partial charge in [0.2, 0.25) is 0 Å². The van der Waals surface area contributed by atoms with Crippen LogP contribution in [-0.4, -0.2) is 26.0 Å². The van der Waals surface area contributed by atoms with Gasteiger partial charge in [0.05, 0.1) is 21.6 Å². The van der Waals surface area contributed by atoms with Crippen LogP contribution < -0.4 is 11.3 Å². The highest BCUT2D eigenvalue weighted by Crippen LogP contribution is 2.26. The zero-order valence-corrected chi connectivity index (χ0v) is 13.3. The monoisotopic (exact) mass is 336 g/mol. The molecule has 0 aliphatic carbocycles. The SMILES string of the molecule is NNC(Cc1ccc(Cl)c(Cl)c1)CC1CCS(=O)(=O)C1. The van der Waals surface area contributed by atoms with E-state index in [-0.39, 0.29) is 17.7 Å². The van der Waals surface area contributed by atoms with Crippen LogP contribution in [-0.2, 0) is 16.3 Å². The Hall–Kier alpha value is -0.330. The number of halogens is 2. The van der Waals surface area contributed by atoms with Gasteiger partial charge in [0.15, 0.2) is 9.84 Å². The van der Waals surface area contributed by atoms with E-state index in [2.05, 4.69) is 5.43 Å². The molecular formula is C13H18Cl2N2O2S. The maximum absolute atomic E-state index is 11.5. The maximum atomic E-state index is 11.5. The maximum Gasteiger partial charge on any atom is 0.150 e. The number of hydrazine groups is 1. The standard InChI is InChI=1S/C13H18Cl2N2O2S/c14-12-2-1-9(7-13(12)15)5-11(17-16)6-10-3-4-20(18,19)8-10/h1-2,7,10-11,17H,3-6,8,16H2. The number of nitrogens with two attached hydrogens (primary N) is 1. The summed E-state index contributed by atoms with van der Waals surface area (Å²) in [6.07, 6.45) is 2.17. The van der Waals surface area contributed by atoms with Gasteiger partial charge in [-0.1, -0.05) is 29.3 Å². The van der Waals surface area contributed by atoms with Crippen molar-refractivity contribution in [3.05, 3.63) is 33.8 Å². The molecule has 4 nitrogen and oxygen atoms in total. The highest BCUT2D eigenvalue weighted by atomic mass is 35.5. The fourth-order valence-corrected chi connectivity index (χ4v) is 4.82. The average Bonchev–Trinajstić information content (AvgIpc) is 2.72. The van der Waals surface area contributed by atoms with E-state index in [0.717, 1.165) is 18.4 Å². The number of benzene rings is 1. The first kappa shape index (κ1) is 16.0. The number of rotatable bonds is 5. The van der Waals surface area contributed by atoms with Gasteiger partial charge in [-0.3, -0.25) is 11.3 Å². The van der Waals surface area contributed by atoms with Crippen molar-refractivity contribution in [2.75, 3.05) is 11.5 Å². The van der Waals surface area contributed by atoms with Crippen molar-refractivity contribution in [2.24, 2.45) is 11.8 Å². The van der Waals surface area contributed by atoms with Gasteiger partial charge in [-0.15, -0.1) is 0 Å². The molecule has 0 spiro atoms. The summed E-state index contributed by atoms with van der Waals surface area (Å²) in [5, 5.41) is 1.04. The van der Waals surface area contributed by atoms with Crippen LogP contribution >= 0.6 is 23.2 Å². The molecule has 0 aromatic heterocycles. The lowest BCUT2D eigenvalue weighted by atomic mass is 9.95. The molecule has 0 saturated carbocycles. The van der Waals surface area contributed by atoms with Crippen LogP contribution in [0.15, 0.2) is 18.2 Å². The molecule has 1 aromatic carbocycles. The van der Waals surface area contributed by atoms with Crippen LogP contribution in [0.2, 0.25) is 10.0 Å². The number of sulfone groups is 1. The third-order valence-electron chi connectivity index (χ3n) is 3.65. The molecular weight excluding hydrogens is 319 g/mol. The lowest BCUT2D eigenvalue weighted by Gasteiger charge is -2.19. The molecule has 1 aromatic rings. The summed E-state index contributed by atoms with van der Waals surface area (Å²) in [6, 6.07) is 5.52. The first-order valence-corrected chi connectivity index (χ1v) is 9.08. The van der Waals surface area contributed by atoms with Gasteiger partial charge in [0, 0.05) is 6.04 Å². The second-order valence-electron chi connectivity index (χ2n) is 5.32. The molecule has 1 fully saturated rings. The van der Waals surface area contributed by atoms with Crippen LogP contribution in [0.4, 0.5) is 0 Å². The quantitative estimate of drug-likeness (QED) is 0.638. The van der Waals surface area contributed by atoms with E-state index < -0.39 is 9.84 Å². The Kier molecular flexibility index (Phi) is 5.31. The number of hydrogen-bond donors (Lipinski definition) is 2. The highest BCUT2D eigenvalue weighted by molar-refractivity contribution is 7.91. The number of nitrogens with one attached hydrogen (secondary N) is 1. The highest BCUT2D eigenvalue weighted by Gasteiger charge is 2.29. The molecule has 1 saturated heterocycles. The Morgan fingerprint density at radius 3 is 2.65 bits per heavy atom. The summed E-state index contributed by atoms with van der Waals surface area (Å²) in [6.45, 7) is 0. The van der Waals surface area contributed by atoms with E-state index in [4.69, 9.17) is 29.0 Å². The summed E-state index contributed by atoms with van der Waals surface area (Å²) in [7, 11) is -2.84. The minimum atomic E-state index is -2.84. The van der Waals surface area contributed by atoms with Gasteiger partial charge < -0.3 is 0 Å². The van der Waals surface area contributed by atoms with Gasteiger partial charge in [0.1, 0.15) is 0 Å². The first-order chi connectivity index (χ1) is 9.39. The average molecular weight is 337 g/mol. The van der Waals surface area contributed by atoms with Crippen molar-refractivity contribution in [2.45, 2.75) is 25.3 Å². The van der Waals surface area contributed by atoms with Crippen LogP contribution in [0.5, 0.6) is 0 Å².